The Labute approximate surface area is 249 Å². The molecule has 0 aromatic heterocycles. The second-order valence-corrected chi connectivity index (χ2v) is 13.7. The number of nitrogens with zero attached hydrogens (tertiary/aromatic N) is 2. The molecule has 0 radical (unpaired) electrons. The first kappa shape index (κ1) is 32.1. The minimum absolute atomic E-state index is 0.0767. The van der Waals surface area contributed by atoms with E-state index in [1.807, 2.05) is 7.05 Å². The van der Waals surface area contributed by atoms with Crippen LogP contribution in [0.15, 0.2) is 53.4 Å². The molecule has 2 aromatic rings. The van der Waals surface area contributed by atoms with Crippen molar-refractivity contribution in [2.45, 2.75) is 75.0 Å². The van der Waals surface area contributed by atoms with Gasteiger partial charge in [-0.05, 0) is 95.0 Å². The second kappa shape index (κ2) is 12.8. The summed E-state index contributed by atoms with van der Waals surface area (Å²) in [6.07, 6.45) is -2.64. The van der Waals surface area contributed by atoms with Crippen LogP contribution in [-0.4, -0.2) is 79.9 Å². The molecular formula is C29H35ClF3N3O5S. The lowest BCUT2D eigenvalue weighted by Gasteiger charge is -2.44. The molecule has 1 heterocycles. The molecule has 1 N–H and O–H groups in total. The van der Waals surface area contributed by atoms with Gasteiger partial charge in [0.2, 0.25) is 5.91 Å². The van der Waals surface area contributed by atoms with Gasteiger partial charge < -0.3 is 19.9 Å². The molecule has 1 saturated heterocycles. The van der Waals surface area contributed by atoms with E-state index in [0.717, 1.165) is 18.6 Å². The number of likely N-dealkylation sites (tertiary alicyclic amines) is 1. The van der Waals surface area contributed by atoms with Crippen molar-refractivity contribution in [2.75, 3.05) is 19.3 Å². The first-order valence-corrected chi connectivity index (χ1v) is 15.8. The van der Waals surface area contributed by atoms with Crippen LogP contribution < -0.4 is 10.1 Å². The number of carbonyl (C=O) groups excluding carboxylic acids is 2. The number of carbonyl (C=O) groups is 2. The monoisotopic (exact) mass is 629 g/mol. The summed E-state index contributed by atoms with van der Waals surface area (Å²) in [7, 11) is -1.67. The third-order valence-electron chi connectivity index (χ3n) is 8.19. The van der Waals surface area contributed by atoms with E-state index in [9.17, 15) is 31.2 Å². The minimum atomic E-state index is -4.91. The van der Waals surface area contributed by atoms with Gasteiger partial charge in [0.1, 0.15) is 11.8 Å². The van der Waals surface area contributed by atoms with Crippen LogP contribution in [0.5, 0.6) is 5.75 Å². The highest BCUT2D eigenvalue weighted by Crippen LogP contribution is 2.36. The highest BCUT2D eigenvalue weighted by molar-refractivity contribution is 7.91. The smallest absolute Gasteiger partial charge is 0.406 e. The topological polar surface area (TPSA) is 96.0 Å². The standard InChI is InChI=1S/C29H35ClF3N3O5S/c1-18(2)35(3)22-9-12-26(20(15-22)17-42(39,40)24-10-7-21(30)8-11-24)36-14-13-25(28(36)38)34-27(37)19-5-4-6-23(16-19)41-29(31,32)33/h4-8,10-11,16,18,20,22,25-26H,9,12-15,17H2,1-3H3,(H,34,37)/t20-,22+,25-,26?/m0/s1. The normalized spacial score (nSPS) is 23.5. The summed E-state index contributed by atoms with van der Waals surface area (Å²) in [6, 6.07) is 9.84. The van der Waals surface area contributed by atoms with Gasteiger partial charge in [0, 0.05) is 35.3 Å². The Bertz CT molecular complexity index is 1390. The number of ether oxygens (including phenoxy) is 1. The summed E-state index contributed by atoms with van der Waals surface area (Å²) in [5, 5.41) is 3.06. The molecule has 1 unspecified atom stereocenters. The first-order chi connectivity index (χ1) is 19.6. The third-order valence-corrected chi connectivity index (χ3v) is 10.3. The molecule has 2 aromatic carbocycles. The Hall–Kier alpha value is -2.83. The summed E-state index contributed by atoms with van der Waals surface area (Å²) in [6.45, 7) is 4.48. The number of rotatable bonds is 9. The third kappa shape index (κ3) is 7.76. The van der Waals surface area contributed by atoms with Crippen molar-refractivity contribution < 1.29 is 35.9 Å². The Morgan fingerprint density at radius 3 is 2.48 bits per heavy atom. The van der Waals surface area contributed by atoms with E-state index in [1.165, 1.54) is 36.4 Å². The van der Waals surface area contributed by atoms with Crippen LogP contribution in [0, 0.1) is 5.92 Å². The molecule has 4 rings (SSSR count). The predicted molar refractivity (Wildman–Crippen MR) is 152 cm³/mol. The maximum Gasteiger partial charge on any atom is 0.573 e. The molecule has 2 fully saturated rings. The molecule has 4 atom stereocenters. The van der Waals surface area contributed by atoms with E-state index >= 15 is 0 Å². The first-order valence-electron chi connectivity index (χ1n) is 13.8. The van der Waals surface area contributed by atoms with E-state index in [-0.39, 0.29) is 46.2 Å². The fourth-order valence-corrected chi connectivity index (χ4v) is 7.66. The summed E-state index contributed by atoms with van der Waals surface area (Å²) in [5.74, 6) is -2.07. The number of alkyl halides is 3. The zero-order valence-corrected chi connectivity index (χ0v) is 25.2. The average molecular weight is 630 g/mol. The van der Waals surface area contributed by atoms with E-state index in [2.05, 4.69) is 28.8 Å². The van der Waals surface area contributed by atoms with Crippen molar-refractivity contribution in [3.05, 3.63) is 59.1 Å². The number of amides is 2. The zero-order valence-electron chi connectivity index (χ0n) is 23.6. The van der Waals surface area contributed by atoms with Crippen molar-refractivity contribution in [2.24, 2.45) is 5.92 Å². The highest BCUT2D eigenvalue weighted by Gasteiger charge is 2.44. The van der Waals surface area contributed by atoms with Gasteiger partial charge in [0.15, 0.2) is 9.84 Å². The molecule has 8 nitrogen and oxygen atoms in total. The molecule has 1 saturated carbocycles. The van der Waals surface area contributed by atoms with Gasteiger partial charge in [0.05, 0.1) is 10.6 Å². The molecule has 2 amide bonds. The molecule has 1 aliphatic heterocycles. The van der Waals surface area contributed by atoms with Crippen LogP contribution >= 0.6 is 11.6 Å². The van der Waals surface area contributed by atoms with Crippen LogP contribution in [0.3, 0.4) is 0 Å². The number of hydrogen-bond donors (Lipinski definition) is 1. The average Bonchev–Trinajstić information content (AvgIpc) is 3.26. The quantitative estimate of drug-likeness (QED) is 0.423. The zero-order chi connectivity index (χ0) is 30.8. The predicted octanol–water partition coefficient (Wildman–Crippen LogP) is 4.92. The van der Waals surface area contributed by atoms with Gasteiger partial charge in [-0.2, -0.15) is 0 Å². The number of sulfone groups is 1. The van der Waals surface area contributed by atoms with Crippen molar-refractivity contribution in [3.63, 3.8) is 0 Å². The maximum atomic E-state index is 13.5. The molecule has 13 heteroatoms. The van der Waals surface area contributed by atoms with Crippen molar-refractivity contribution in [1.82, 2.24) is 15.1 Å². The van der Waals surface area contributed by atoms with Crippen molar-refractivity contribution in [1.29, 1.82) is 0 Å². The molecular weight excluding hydrogens is 595 g/mol. The lowest BCUT2D eigenvalue weighted by Crippen LogP contribution is -2.53. The minimum Gasteiger partial charge on any atom is -0.406 e. The van der Waals surface area contributed by atoms with Crippen LogP contribution in [0.4, 0.5) is 13.2 Å². The van der Waals surface area contributed by atoms with Crippen LogP contribution in [0.2, 0.25) is 5.02 Å². The lowest BCUT2D eigenvalue weighted by atomic mass is 9.81. The molecule has 1 aliphatic carbocycles. The number of halogens is 4. The van der Waals surface area contributed by atoms with E-state index < -0.39 is 33.9 Å². The SMILES string of the molecule is CC(C)N(C)[C@@H]1CCC(N2CC[C@H](NC(=O)c3cccc(OC(F)(F)F)c3)C2=O)[C@H](CS(=O)(=O)c2ccc(Cl)cc2)C1. The van der Waals surface area contributed by atoms with Crippen LogP contribution in [0.1, 0.15) is 49.9 Å². The van der Waals surface area contributed by atoms with Gasteiger partial charge in [-0.3, -0.25) is 9.59 Å². The Morgan fingerprint density at radius 2 is 1.83 bits per heavy atom. The van der Waals surface area contributed by atoms with Gasteiger partial charge in [-0.25, -0.2) is 8.42 Å². The van der Waals surface area contributed by atoms with Gasteiger partial charge in [0.25, 0.3) is 5.91 Å². The molecule has 42 heavy (non-hydrogen) atoms. The van der Waals surface area contributed by atoms with Crippen LogP contribution in [-0.2, 0) is 14.6 Å². The number of nitrogens with one attached hydrogen (secondary N) is 1. The maximum absolute atomic E-state index is 13.5. The Kier molecular flexibility index (Phi) is 9.79. The Morgan fingerprint density at radius 1 is 1.14 bits per heavy atom. The van der Waals surface area contributed by atoms with E-state index in [1.54, 1.807) is 4.90 Å². The summed E-state index contributed by atoms with van der Waals surface area (Å²) in [5.41, 5.74) is -0.0767. The summed E-state index contributed by atoms with van der Waals surface area (Å²) in [4.78, 5) is 30.4. The van der Waals surface area contributed by atoms with Gasteiger partial charge in [-0.1, -0.05) is 17.7 Å². The number of benzene rings is 2. The summed E-state index contributed by atoms with van der Waals surface area (Å²) < 4.78 is 68.6. The van der Waals surface area contributed by atoms with E-state index in [4.69, 9.17) is 11.6 Å². The van der Waals surface area contributed by atoms with Crippen molar-refractivity contribution in [3.8, 4) is 5.75 Å². The summed E-state index contributed by atoms with van der Waals surface area (Å²) >= 11 is 5.96. The van der Waals surface area contributed by atoms with E-state index in [0.29, 0.717) is 30.8 Å². The fourth-order valence-electron chi connectivity index (χ4n) is 5.87. The Balaban J connectivity index is 1.50. The van der Waals surface area contributed by atoms with Gasteiger partial charge >= 0.3 is 6.36 Å². The van der Waals surface area contributed by atoms with Gasteiger partial charge in [-0.15, -0.1) is 13.2 Å². The lowest BCUT2D eigenvalue weighted by molar-refractivity contribution is -0.274. The molecule has 230 valence electrons. The second-order valence-electron chi connectivity index (χ2n) is 11.2. The molecule has 2 aliphatic rings. The van der Waals surface area contributed by atoms with Crippen LogP contribution in [0.25, 0.3) is 0 Å². The fraction of sp³-hybridized carbons (Fsp3) is 0.517. The molecule has 0 spiro atoms. The van der Waals surface area contributed by atoms with Crippen molar-refractivity contribution >= 4 is 33.3 Å². The molecule has 0 bridgehead atoms. The number of hydrogen-bond acceptors (Lipinski definition) is 6. The largest absolute Gasteiger partial charge is 0.573 e. The highest BCUT2D eigenvalue weighted by atomic mass is 35.5.